The summed E-state index contributed by atoms with van der Waals surface area (Å²) in [6.45, 7) is 0. The highest BCUT2D eigenvalue weighted by molar-refractivity contribution is 6.32. The molecule has 0 aliphatic heterocycles. The van der Waals surface area contributed by atoms with Crippen molar-refractivity contribution in [1.29, 1.82) is 0 Å². The van der Waals surface area contributed by atoms with E-state index in [2.05, 4.69) is 15.6 Å². The Labute approximate surface area is 147 Å². The van der Waals surface area contributed by atoms with Crippen LogP contribution in [-0.4, -0.2) is 26.2 Å². The summed E-state index contributed by atoms with van der Waals surface area (Å²) in [5.74, 6) is -0.476. The van der Waals surface area contributed by atoms with Crippen molar-refractivity contribution in [1.82, 2.24) is 9.78 Å². The van der Waals surface area contributed by atoms with Gasteiger partial charge in [-0.15, -0.1) is 0 Å². The van der Waals surface area contributed by atoms with Gasteiger partial charge in [-0.05, 0) is 35.9 Å². The van der Waals surface area contributed by atoms with Crippen LogP contribution in [0.3, 0.4) is 0 Å². The first kappa shape index (κ1) is 16.5. The van der Waals surface area contributed by atoms with Crippen molar-refractivity contribution in [3.8, 4) is 17.2 Å². The number of benzene rings is 2. The van der Waals surface area contributed by atoms with Gasteiger partial charge in [0.1, 0.15) is 10.7 Å². The van der Waals surface area contributed by atoms with Gasteiger partial charge in [-0.2, -0.15) is 14.9 Å². The van der Waals surface area contributed by atoms with Crippen LogP contribution in [0.4, 0.5) is 5.69 Å². The number of nitrogens with one attached hydrogen (secondary N) is 1. The number of para-hydroxylation sites is 1. The number of aromatic hydroxyl groups is 2. The van der Waals surface area contributed by atoms with Gasteiger partial charge in [0.15, 0.2) is 11.5 Å². The molecule has 0 spiro atoms. The number of nitrogens with zero attached hydrogens (tertiary/aromatic N) is 3. The Morgan fingerprint density at radius 3 is 2.60 bits per heavy atom. The summed E-state index contributed by atoms with van der Waals surface area (Å²) < 4.78 is 1.19. The van der Waals surface area contributed by atoms with Gasteiger partial charge in [-0.1, -0.05) is 29.8 Å². The molecule has 0 fully saturated rings. The van der Waals surface area contributed by atoms with Gasteiger partial charge < -0.3 is 10.2 Å². The number of hydrazone groups is 1. The number of aromatic nitrogens is 2. The van der Waals surface area contributed by atoms with Crippen LogP contribution in [0.1, 0.15) is 5.56 Å². The zero-order valence-corrected chi connectivity index (χ0v) is 13.6. The molecule has 3 N–H and O–H groups in total. The van der Waals surface area contributed by atoms with Crippen LogP contribution in [0.2, 0.25) is 5.02 Å². The Morgan fingerprint density at radius 2 is 1.88 bits per heavy atom. The number of anilines is 1. The first-order valence-electron chi connectivity index (χ1n) is 7.20. The molecule has 1 aromatic heterocycles. The Morgan fingerprint density at radius 1 is 1.12 bits per heavy atom. The summed E-state index contributed by atoms with van der Waals surface area (Å²) in [5, 5.41) is 26.7. The molecule has 0 unspecified atom stereocenters. The Bertz CT molecular complexity index is 987. The van der Waals surface area contributed by atoms with Crippen LogP contribution >= 0.6 is 11.6 Å². The van der Waals surface area contributed by atoms with Gasteiger partial charge in [0.25, 0.3) is 5.56 Å². The molecule has 0 saturated heterocycles. The van der Waals surface area contributed by atoms with Crippen LogP contribution in [-0.2, 0) is 0 Å². The molecule has 0 bridgehead atoms. The van der Waals surface area contributed by atoms with Gasteiger partial charge in [0.05, 0.1) is 18.1 Å². The van der Waals surface area contributed by atoms with Gasteiger partial charge in [0.2, 0.25) is 0 Å². The summed E-state index contributed by atoms with van der Waals surface area (Å²) >= 11 is 6.09. The first-order chi connectivity index (χ1) is 12.1. The molecule has 25 heavy (non-hydrogen) atoms. The average Bonchev–Trinajstić information content (AvgIpc) is 2.62. The lowest BCUT2D eigenvalue weighted by Gasteiger charge is -2.07. The van der Waals surface area contributed by atoms with E-state index in [1.54, 1.807) is 30.3 Å². The molecule has 8 heteroatoms. The molecule has 0 radical (unpaired) electrons. The second-order valence-electron chi connectivity index (χ2n) is 5.04. The smallest absolute Gasteiger partial charge is 0.292 e. The predicted molar refractivity (Wildman–Crippen MR) is 95.8 cm³/mol. The summed E-state index contributed by atoms with van der Waals surface area (Å²) in [6, 6.07) is 13.2. The SMILES string of the molecule is O=c1c(Cl)c(N/N=C\c2ccc(O)c(O)c2)cnn1-c1ccccc1. The quantitative estimate of drug-likeness (QED) is 0.379. The van der Waals surface area contributed by atoms with Gasteiger partial charge in [-0.25, -0.2) is 0 Å². The molecule has 7 nitrogen and oxygen atoms in total. The molecule has 0 aliphatic rings. The van der Waals surface area contributed by atoms with Crippen molar-refractivity contribution in [3.05, 3.63) is 75.7 Å². The minimum absolute atomic E-state index is 0.0513. The monoisotopic (exact) mass is 356 g/mol. The number of phenolic OH excluding ortho intramolecular Hbond substituents is 2. The fourth-order valence-corrected chi connectivity index (χ4v) is 2.23. The molecule has 0 amide bonds. The van der Waals surface area contributed by atoms with Gasteiger partial charge in [-0.3, -0.25) is 10.2 Å². The Balaban J connectivity index is 1.82. The maximum atomic E-state index is 12.3. The van der Waals surface area contributed by atoms with Gasteiger partial charge >= 0.3 is 0 Å². The molecule has 0 aliphatic carbocycles. The third-order valence-electron chi connectivity index (χ3n) is 3.32. The molecular formula is C17H13ClN4O3. The van der Waals surface area contributed by atoms with Crippen molar-refractivity contribution in [2.75, 3.05) is 5.43 Å². The molecule has 0 saturated carbocycles. The van der Waals surface area contributed by atoms with E-state index in [0.29, 0.717) is 11.3 Å². The van der Waals surface area contributed by atoms with E-state index in [1.807, 2.05) is 6.07 Å². The minimum Gasteiger partial charge on any atom is -0.504 e. The fraction of sp³-hybridized carbons (Fsp3) is 0. The lowest BCUT2D eigenvalue weighted by molar-refractivity contribution is 0.403. The van der Waals surface area contributed by atoms with E-state index in [0.717, 1.165) is 0 Å². The van der Waals surface area contributed by atoms with E-state index in [9.17, 15) is 15.0 Å². The van der Waals surface area contributed by atoms with E-state index in [1.165, 1.54) is 29.2 Å². The number of halogens is 1. The standard InChI is InChI=1S/C17H13ClN4O3/c18-16-13(21-19-9-11-6-7-14(23)15(24)8-11)10-20-22(17(16)25)12-4-2-1-3-5-12/h1-10,21,23-24H/b19-9-. The second-order valence-corrected chi connectivity index (χ2v) is 5.42. The zero-order chi connectivity index (χ0) is 17.8. The molecule has 1 heterocycles. The third-order valence-corrected chi connectivity index (χ3v) is 3.68. The van der Waals surface area contributed by atoms with E-state index < -0.39 is 5.56 Å². The molecule has 3 rings (SSSR count). The van der Waals surface area contributed by atoms with Crippen LogP contribution < -0.4 is 11.0 Å². The Kier molecular flexibility index (Phi) is 4.67. The number of phenols is 2. The Hall–Kier alpha value is -3.32. The van der Waals surface area contributed by atoms with E-state index >= 15 is 0 Å². The van der Waals surface area contributed by atoms with Crippen molar-refractivity contribution in [2.45, 2.75) is 0 Å². The lowest BCUT2D eigenvalue weighted by Crippen LogP contribution is -2.22. The summed E-state index contributed by atoms with van der Waals surface area (Å²) in [4.78, 5) is 12.3. The van der Waals surface area contributed by atoms with Crippen LogP contribution in [0, 0.1) is 0 Å². The summed E-state index contributed by atoms with van der Waals surface area (Å²) in [6.07, 6.45) is 2.79. The molecular weight excluding hydrogens is 344 g/mol. The minimum atomic E-state index is -0.477. The molecule has 2 aromatic carbocycles. The van der Waals surface area contributed by atoms with Gasteiger partial charge in [0, 0.05) is 0 Å². The molecule has 3 aromatic rings. The van der Waals surface area contributed by atoms with Crippen LogP contribution in [0.25, 0.3) is 5.69 Å². The molecule has 126 valence electrons. The fourth-order valence-electron chi connectivity index (χ4n) is 2.06. The van der Waals surface area contributed by atoms with Crippen LogP contribution in [0.5, 0.6) is 11.5 Å². The first-order valence-corrected chi connectivity index (χ1v) is 7.58. The average molecular weight is 357 g/mol. The largest absolute Gasteiger partial charge is 0.504 e. The van der Waals surface area contributed by atoms with E-state index in [4.69, 9.17) is 11.6 Å². The predicted octanol–water partition coefficient (Wildman–Crippen LogP) is 2.74. The topological polar surface area (TPSA) is 99.7 Å². The maximum absolute atomic E-state index is 12.3. The van der Waals surface area contributed by atoms with Crippen molar-refractivity contribution < 1.29 is 10.2 Å². The highest BCUT2D eigenvalue weighted by Crippen LogP contribution is 2.24. The third kappa shape index (κ3) is 3.61. The highest BCUT2D eigenvalue weighted by atomic mass is 35.5. The normalized spacial score (nSPS) is 10.9. The highest BCUT2D eigenvalue weighted by Gasteiger charge is 2.10. The number of hydrogen-bond donors (Lipinski definition) is 3. The maximum Gasteiger partial charge on any atom is 0.292 e. The number of rotatable bonds is 4. The summed E-state index contributed by atoms with van der Waals surface area (Å²) in [7, 11) is 0. The van der Waals surface area contributed by atoms with Crippen LogP contribution in [0.15, 0.2) is 64.6 Å². The molecule has 0 atom stereocenters. The number of hydrogen-bond acceptors (Lipinski definition) is 6. The van der Waals surface area contributed by atoms with Crippen molar-refractivity contribution in [2.24, 2.45) is 5.10 Å². The summed E-state index contributed by atoms with van der Waals surface area (Å²) in [5.41, 5.74) is 3.55. The second kappa shape index (κ2) is 7.06. The van der Waals surface area contributed by atoms with E-state index in [-0.39, 0.29) is 22.2 Å². The zero-order valence-electron chi connectivity index (χ0n) is 12.8. The van der Waals surface area contributed by atoms with Crippen molar-refractivity contribution in [3.63, 3.8) is 0 Å². The van der Waals surface area contributed by atoms with Crippen molar-refractivity contribution >= 4 is 23.5 Å². The lowest BCUT2D eigenvalue weighted by atomic mass is 10.2.